The molecule has 3 aliphatic rings. The molecule has 33 heavy (non-hydrogen) atoms. The third kappa shape index (κ3) is 3.57. The van der Waals surface area contributed by atoms with E-state index in [0.717, 1.165) is 69.3 Å². The molecule has 0 saturated carbocycles. The van der Waals surface area contributed by atoms with Crippen LogP contribution in [0.5, 0.6) is 0 Å². The van der Waals surface area contributed by atoms with E-state index in [4.69, 9.17) is 0 Å². The van der Waals surface area contributed by atoms with Crippen LogP contribution in [-0.2, 0) is 0 Å². The fourth-order valence-corrected chi connectivity index (χ4v) is 5.83. The van der Waals surface area contributed by atoms with Crippen molar-refractivity contribution in [2.45, 2.75) is 37.8 Å². The average molecular weight is 452 g/mol. The number of nitrogens with zero attached hydrogens (tertiary/aromatic N) is 5. The number of amides is 1. The molecule has 3 aliphatic heterocycles. The van der Waals surface area contributed by atoms with E-state index in [1.165, 1.54) is 18.6 Å². The number of rotatable bonds is 3. The summed E-state index contributed by atoms with van der Waals surface area (Å²) >= 11 is 0. The number of aromatic nitrogens is 2. The van der Waals surface area contributed by atoms with Crippen molar-refractivity contribution in [1.29, 1.82) is 0 Å². The highest BCUT2D eigenvalue weighted by Gasteiger charge is 2.34. The maximum absolute atomic E-state index is 14.5. The van der Waals surface area contributed by atoms with Crippen molar-refractivity contribution in [3.05, 3.63) is 65.5 Å². The SMILES string of the molecule is O=C(c1cnn2ccc(N3CCCC3c3cc(F)ccc3F)cc12)N1CCN2CCCC2C1. The topological polar surface area (TPSA) is 44.1 Å². The van der Waals surface area contributed by atoms with Gasteiger partial charge in [0.05, 0.1) is 23.3 Å². The van der Waals surface area contributed by atoms with Crippen LogP contribution >= 0.6 is 0 Å². The summed E-state index contributed by atoms with van der Waals surface area (Å²) in [5, 5.41) is 4.40. The van der Waals surface area contributed by atoms with Crippen molar-refractivity contribution in [3.8, 4) is 0 Å². The van der Waals surface area contributed by atoms with Crippen molar-refractivity contribution in [2.75, 3.05) is 37.6 Å². The summed E-state index contributed by atoms with van der Waals surface area (Å²) in [5.74, 6) is -0.803. The molecule has 2 unspecified atom stereocenters. The minimum atomic E-state index is -0.431. The standard InChI is InChI=1S/C25H27F2N5O/c26-17-5-6-22(27)20(13-17)23-4-2-9-31(23)18-7-10-32-24(14-18)21(15-28-32)25(33)30-12-11-29-8-1-3-19(29)16-30/h5-7,10,13-15,19,23H,1-4,8-9,11-12,16H2. The molecule has 0 aliphatic carbocycles. The Labute approximate surface area is 191 Å². The van der Waals surface area contributed by atoms with E-state index in [-0.39, 0.29) is 17.8 Å². The predicted octanol–water partition coefficient (Wildman–Crippen LogP) is 3.87. The van der Waals surface area contributed by atoms with Crippen LogP contribution in [0.3, 0.4) is 0 Å². The first-order chi connectivity index (χ1) is 16.1. The maximum atomic E-state index is 14.5. The van der Waals surface area contributed by atoms with E-state index < -0.39 is 5.82 Å². The number of pyridine rings is 1. The normalized spacial score (nSPS) is 23.5. The molecule has 3 aromatic rings. The lowest BCUT2D eigenvalue weighted by molar-refractivity contribution is 0.0573. The van der Waals surface area contributed by atoms with Gasteiger partial charge in [0.1, 0.15) is 11.6 Å². The minimum absolute atomic E-state index is 0.0165. The zero-order valence-electron chi connectivity index (χ0n) is 18.5. The molecular weight excluding hydrogens is 424 g/mol. The highest BCUT2D eigenvalue weighted by Crippen LogP contribution is 2.38. The van der Waals surface area contributed by atoms with Crippen molar-refractivity contribution < 1.29 is 13.6 Å². The molecule has 0 spiro atoms. The molecule has 0 bridgehead atoms. The van der Waals surface area contributed by atoms with Crippen LogP contribution in [0.2, 0.25) is 0 Å². The number of benzene rings is 1. The first kappa shape index (κ1) is 20.6. The fraction of sp³-hybridized carbons (Fsp3) is 0.440. The second-order valence-corrected chi connectivity index (χ2v) is 9.37. The lowest BCUT2D eigenvalue weighted by Crippen LogP contribution is -2.52. The fourth-order valence-electron chi connectivity index (χ4n) is 5.83. The van der Waals surface area contributed by atoms with Crippen LogP contribution in [0.15, 0.2) is 42.7 Å². The summed E-state index contributed by atoms with van der Waals surface area (Å²) in [5.41, 5.74) is 2.61. The monoisotopic (exact) mass is 451 g/mol. The highest BCUT2D eigenvalue weighted by molar-refractivity contribution is 6.01. The van der Waals surface area contributed by atoms with Gasteiger partial charge in [-0.2, -0.15) is 5.10 Å². The zero-order chi connectivity index (χ0) is 22.5. The predicted molar refractivity (Wildman–Crippen MR) is 121 cm³/mol. The third-order valence-corrected chi connectivity index (χ3v) is 7.51. The number of piperazine rings is 1. The van der Waals surface area contributed by atoms with E-state index in [2.05, 4.69) is 14.9 Å². The van der Waals surface area contributed by atoms with Gasteiger partial charge in [-0.15, -0.1) is 0 Å². The second kappa shape index (κ2) is 8.09. The van der Waals surface area contributed by atoms with Gasteiger partial charge in [-0.25, -0.2) is 13.3 Å². The Morgan fingerprint density at radius 2 is 1.88 bits per heavy atom. The van der Waals surface area contributed by atoms with E-state index >= 15 is 0 Å². The molecule has 3 saturated heterocycles. The molecule has 8 heteroatoms. The molecular formula is C25H27F2N5O. The van der Waals surface area contributed by atoms with Crippen molar-refractivity contribution >= 4 is 17.1 Å². The summed E-state index contributed by atoms with van der Waals surface area (Å²) in [6.07, 6.45) is 7.49. The molecule has 6 nitrogen and oxygen atoms in total. The van der Waals surface area contributed by atoms with E-state index in [9.17, 15) is 13.6 Å². The maximum Gasteiger partial charge on any atom is 0.257 e. The number of carbonyl (C=O) groups excluding carboxylic acids is 1. The average Bonchev–Trinajstić information content (AvgIpc) is 3.58. The van der Waals surface area contributed by atoms with E-state index in [1.54, 1.807) is 10.7 Å². The number of fused-ring (bicyclic) bond motifs is 2. The smallest absolute Gasteiger partial charge is 0.257 e. The molecule has 2 aromatic heterocycles. The van der Waals surface area contributed by atoms with E-state index in [1.807, 2.05) is 23.2 Å². The molecule has 5 heterocycles. The van der Waals surface area contributed by atoms with Crippen LogP contribution < -0.4 is 4.90 Å². The first-order valence-electron chi connectivity index (χ1n) is 11.8. The molecule has 6 rings (SSSR count). The van der Waals surface area contributed by atoms with Crippen molar-refractivity contribution in [3.63, 3.8) is 0 Å². The summed E-state index contributed by atoms with van der Waals surface area (Å²) in [6, 6.07) is 7.77. The van der Waals surface area contributed by atoms with Crippen LogP contribution in [0, 0.1) is 11.6 Å². The van der Waals surface area contributed by atoms with Gasteiger partial charge in [0.25, 0.3) is 5.91 Å². The summed E-state index contributed by atoms with van der Waals surface area (Å²) in [7, 11) is 0. The Hall–Kier alpha value is -3.00. The van der Waals surface area contributed by atoms with Gasteiger partial charge in [0, 0.05) is 49.7 Å². The Morgan fingerprint density at radius 1 is 1.00 bits per heavy atom. The number of hydrogen-bond donors (Lipinski definition) is 0. The summed E-state index contributed by atoms with van der Waals surface area (Å²) in [6.45, 7) is 4.31. The van der Waals surface area contributed by atoms with Gasteiger partial charge in [0.15, 0.2) is 0 Å². The zero-order valence-corrected chi connectivity index (χ0v) is 18.5. The first-order valence-corrected chi connectivity index (χ1v) is 11.8. The molecule has 3 fully saturated rings. The van der Waals surface area contributed by atoms with Crippen LogP contribution in [-0.4, -0.2) is 64.1 Å². The van der Waals surface area contributed by atoms with Gasteiger partial charge < -0.3 is 9.80 Å². The van der Waals surface area contributed by atoms with Crippen LogP contribution in [0.1, 0.15) is 47.6 Å². The lowest BCUT2D eigenvalue weighted by atomic mass is 10.0. The van der Waals surface area contributed by atoms with Gasteiger partial charge >= 0.3 is 0 Å². The largest absolute Gasteiger partial charge is 0.364 e. The molecule has 172 valence electrons. The quantitative estimate of drug-likeness (QED) is 0.607. The van der Waals surface area contributed by atoms with Crippen molar-refractivity contribution in [2.24, 2.45) is 0 Å². The number of halogens is 2. The second-order valence-electron chi connectivity index (χ2n) is 9.37. The third-order valence-electron chi connectivity index (χ3n) is 7.51. The summed E-state index contributed by atoms with van der Waals surface area (Å²) < 4.78 is 30.1. The van der Waals surface area contributed by atoms with Gasteiger partial charge in [0.2, 0.25) is 0 Å². The Balaban J connectivity index is 1.31. The molecule has 0 radical (unpaired) electrons. The van der Waals surface area contributed by atoms with Gasteiger partial charge in [-0.3, -0.25) is 9.69 Å². The Bertz CT molecular complexity index is 1210. The van der Waals surface area contributed by atoms with Gasteiger partial charge in [-0.1, -0.05) is 0 Å². The number of anilines is 1. The lowest BCUT2D eigenvalue weighted by Gasteiger charge is -2.37. The minimum Gasteiger partial charge on any atom is -0.364 e. The van der Waals surface area contributed by atoms with Crippen molar-refractivity contribution in [1.82, 2.24) is 19.4 Å². The molecule has 2 atom stereocenters. The molecule has 1 aromatic carbocycles. The molecule has 0 N–H and O–H groups in total. The number of hydrogen-bond acceptors (Lipinski definition) is 4. The van der Waals surface area contributed by atoms with Crippen LogP contribution in [0.4, 0.5) is 14.5 Å². The van der Waals surface area contributed by atoms with Crippen LogP contribution in [0.25, 0.3) is 5.52 Å². The highest BCUT2D eigenvalue weighted by atomic mass is 19.1. The Morgan fingerprint density at radius 3 is 2.79 bits per heavy atom. The summed E-state index contributed by atoms with van der Waals surface area (Å²) in [4.78, 5) is 20.0. The van der Waals surface area contributed by atoms with E-state index in [0.29, 0.717) is 17.2 Å². The van der Waals surface area contributed by atoms with Gasteiger partial charge in [-0.05, 0) is 62.6 Å². The Kier molecular flexibility index (Phi) is 5.05. The molecule has 1 amide bonds. The number of carbonyl (C=O) groups is 1.